The summed E-state index contributed by atoms with van der Waals surface area (Å²) in [5.41, 5.74) is 0.314. The fourth-order valence-corrected chi connectivity index (χ4v) is 1.18. The molecule has 76 valence electrons. The molecule has 0 saturated carbocycles. The molecule has 5 heteroatoms. The minimum atomic E-state index is -1.58. The van der Waals surface area contributed by atoms with E-state index in [1.807, 2.05) is 0 Å². The summed E-state index contributed by atoms with van der Waals surface area (Å²) in [6.07, 6.45) is -1.58. The number of anilines is 1. The normalized spacial score (nSPS) is 12.3. The van der Waals surface area contributed by atoms with Crippen LogP contribution in [0.4, 0.5) is 10.1 Å². The molecular weight excluding hydrogens is 228 g/mol. The molecule has 0 heterocycles. The third kappa shape index (κ3) is 2.59. The van der Waals surface area contributed by atoms with E-state index < -0.39 is 12.1 Å². The molecular formula is C9H8Cl2FNO. The number of carbonyl (C=O) groups excluding carboxylic acids is 1. The number of nitrogens with one attached hydrogen (secondary N) is 1. The molecule has 1 aromatic carbocycles. The standard InChI is InChI=1S/C9H8Cl2FNO/c1-5(12)9(14)13-7-4-2-3-6(10)8(7)11/h2-5H,1H3,(H,13,14). The number of hydrogen-bond acceptors (Lipinski definition) is 1. The van der Waals surface area contributed by atoms with Gasteiger partial charge >= 0.3 is 0 Å². The first-order chi connectivity index (χ1) is 6.52. The Balaban J connectivity index is 2.87. The van der Waals surface area contributed by atoms with Crippen molar-refractivity contribution in [3.8, 4) is 0 Å². The van der Waals surface area contributed by atoms with Crippen molar-refractivity contribution >= 4 is 34.8 Å². The first kappa shape index (κ1) is 11.3. The van der Waals surface area contributed by atoms with Crippen LogP contribution in [0.25, 0.3) is 0 Å². The Morgan fingerprint density at radius 2 is 2.14 bits per heavy atom. The van der Waals surface area contributed by atoms with Gasteiger partial charge < -0.3 is 5.32 Å². The summed E-state index contributed by atoms with van der Waals surface area (Å²) in [7, 11) is 0. The first-order valence-corrected chi connectivity index (χ1v) is 4.67. The van der Waals surface area contributed by atoms with Crippen molar-refractivity contribution in [3.05, 3.63) is 28.2 Å². The zero-order valence-electron chi connectivity index (χ0n) is 7.35. The summed E-state index contributed by atoms with van der Waals surface area (Å²) in [5, 5.41) is 2.85. The number of halogens is 3. The van der Waals surface area contributed by atoms with E-state index in [-0.39, 0.29) is 5.02 Å². The number of hydrogen-bond donors (Lipinski definition) is 1. The summed E-state index contributed by atoms with van der Waals surface area (Å²) in [6.45, 7) is 1.15. The zero-order valence-corrected chi connectivity index (χ0v) is 8.86. The molecule has 1 aromatic rings. The van der Waals surface area contributed by atoms with Crippen LogP contribution in [-0.4, -0.2) is 12.1 Å². The van der Waals surface area contributed by atoms with E-state index in [0.717, 1.165) is 6.92 Å². The van der Waals surface area contributed by atoms with E-state index in [1.165, 1.54) is 0 Å². The quantitative estimate of drug-likeness (QED) is 0.838. The van der Waals surface area contributed by atoms with Crippen LogP contribution in [0.2, 0.25) is 10.0 Å². The molecule has 0 aliphatic carbocycles. The monoisotopic (exact) mass is 235 g/mol. The van der Waals surface area contributed by atoms with Crippen molar-refractivity contribution in [1.82, 2.24) is 0 Å². The highest BCUT2D eigenvalue weighted by atomic mass is 35.5. The maximum absolute atomic E-state index is 12.5. The van der Waals surface area contributed by atoms with Gasteiger partial charge in [0.15, 0.2) is 6.17 Å². The van der Waals surface area contributed by atoms with E-state index in [2.05, 4.69) is 5.32 Å². The van der Waals surface area contributed by atoms with Gasteiger partial charge in [-0.1, -0.05) is 29.3 Å². The minimum Gasteiger partial charge on any atom is -0.322 e. The average Bonchev–Trinajstić information content (AvgIpc) is 2.12. The van der Waals surface area contributed by atoms with Crippen molar-refractivity contribution < 1.29 is 9.18 Å². The highest BCUT2D eigenvalue weighted by molar-refractivity contribution is 6.44. The molecule has 1 unspecified atom stereocenters. The first-order valence-electron chi connectivity index (χ1n) is 3.91. The molecule has 1 N–H and O–H groups in total. The van der Waals surface area contributed by atoms with Gasteiger partial charge in [0.1, 0.15) is 0 Å². The maximum atomic E-state index is 12.5. The largest absolute Gasteiger partial charge is 0.322 e. The Labute approximate surface area is 91.0 Å². The molecule has 0 radical (unpaired) electrons. The maximum Gasteiger partial charge on any atom is 0.258 e. The summed E-state index contributed by atoms with van der Waals surface area (Å²) < 4.78 is 12.5. The van der Waals surface area contributed by atoms with Crippen LogP contribution in [0.3, 0.4) is 0 Å². The fourth-order valence-electron chi connectivity index (χ4n) is 0.833. The van der Waals surface area contributed by atoms with Crippen LogP contribution >= 0.6 is 23.2 Å². The lowest BCUT2D eigenvalue weighted by Gasteiger charge is -2.08. The van der Waals surface area contributed by atoms with Gasteiger partial charge in [0.25, 0.3) is 5.91 Å². The van der Waals surface area contributed by atoms with Gasteiger partial charge in [-0.3, -0.25) is 4.79 Å². The Bertz CT molecular complexity index is 355. The van der Waals surface area contributed by atoms with Gasteiger partial charge in [0.05, 0.1) is 15.7 Å². The smallest absolute Gasteiger partial charge is 0.258 e. The number of rotatable bonds is 2. The molecule has 0 aliphatic heterocycles. The molecule has 1 amide bonds. The molecule has 0 spiro atoms. The van der Waals surface area contributed by atoms with Gasteiger partial charge in [-0.05, 0) is 19.1 Å². The second-order valence-corrected chi connectivity index (χ2v) is 3.49. The Hall–Kier alpha value is -0.800. The van der Waals surface area contributed by atoms with E-state index in [1.54, 1.807) is 18.2 Å². The van der Waals surface area contributed by atoms with Gasteiger partial charge in [-0.25, -0.2) is 4.39 Å². The third-order valence-electron chi connectivity index (χ3n) is 1.57. The predicted molar refractivity (Wildman–Crippen MR) is 55.7 cm³/mol. The number of amides is 1. The molecule has 1 atom stereocenters. The van der Waals surface area contributed by atoms with Crippen LogP contribution in [0.15, 0.2) is 18.2 Å². The molecule has 2 nitrogen and oxygen atoms in total. The van der Waals surface area contributed by atoms with E-state index in [0.29, 0.717) is 10.7 Å². The second-order valence-electron chi connectivity index (χ2n) is 2.71. The molecule has 1 rings (SSSR count). The Kier molecular flexibility index (Phi) is 3.72. The van der Waals surface area contributed by atoms with Gasteiger partial charge in [0.2, 0.25) is 0 Å². The molecule has 14 heavy (non-hydrogen) atoms. The lowest BCUT2D eigenvalue weighted by molar-refractivity contribution is -0.120. The summed E-state index contributed by atoms with van der Waals surface area (Å²) >= 11 is 11.5. The third-order valence-corrected chi connectivity index (χ3v) is 2.39. The van der Waals surface area contributed by atoms with E-state index in [4.69, 9.17) is 23.2 Å². The molecule has 0 saturated heterocycles. The highest BCUT2D eigenvalue weighted by Crippen LogP contribution is 2.29. The van der Waals surface area contributed by atoms with Gasteiger partial charge in [-0.2, -0.15) is 0 Å². The molecule has 0 fully saturated rings. The van der Waals surface area contributed by atoms with Crippen LogP contribution in [0.5, 0.6) is 0 Å². The van der Waals surface area contributed by atoms with Crippen molar-refractivity contribution in [2.45, 2.75) is 13.1 Å². The Morgan fingerprint density at radius 3 is 2.71 bits per heavy atom. The molecule has 0 bridgehead atoms. The molecule has 0 aliphatic rings. The lowest BCUT2D eigenvalue weighted by Crippen LogP contribution is -2.21. The van der Waals surface area contributed by atoms with Crippen molar-refractivity contribution in [3.63, 3.8) is 0 Å². The Morgan fingerprint density at radius 1 is 1.50 bits per heavy atom. The van der Waals surface area contributed by atoms with Gasteiger partial charge in [-0.15, -0.1) is 0 Å². The fraction of sp³-hybridized carbons (Fsp3) is 0.222. The highest BCUT2D eigenvalue weighted by Gasteiger charge is 2.13. The summed E-state index contributed by atoms with van der Waals surface area (Å²) in [6, 6.07) is 4.75. The number of alkyl halides is 1. The van der Waals surface area contributed by atoms with Crippen LogP contribution in [0.1, 0.15) is 6.92 Å². The topological polar surface area (TPSA) is 29.1 Å². The zero-order chi connectivity index (χ0) is 10.7. The number of carbonyl (C=O) groups is 1. The summed E-state index contributed by atoms with van der Waals surface area (Å²) in [4.78, 5) is 11.0. The predicted octanol–water partition coefficient (Wildman–Crippen LogP) is 3.29. The summed E-state index contributed by atoms with van der Waals surface area (Å²) in [5.74, 6) is -0.742. The van der Waals surface area contributed by atoms with Gasteiger partial charge in [0, 0.05) is 0 Å². The van der Waals surface area contributed by atoms with Crippen molar-refractivity contribution in [1.29, 1.82) is 0 Å². The minimum absolute atomic E-state index is 0.211. The van der Waals surface area contributed by atoms with Crippen molar-refractivity contribution in [2.75, 3.05) is 5.32 Å². The average molecular weight is 236 g/mol. The second kappa shape index (κ2) is 4.62. The van der Waals surface area contributed by atoms with Crippen LogP contribution in [-0.2, 0) is 4.79 Å². The number of benzene rings is 1. The lowest BCUT2D eigenvalue weighted by atomic mass is 10.3. The van der Waals surface area contributed by atoms with Crippen LogP contribution < -0.4 is 5.32 Å². The van der Waals surface area contributed by atoms with Crippen LogP contribution in [0, 0.1) is 0 Å². The van der Waals surface area contributed by atoms with E-state index >= 15 is 0 Å². The molecule has 0 aromatic heterocycles. The van der Waals surface area contributed by atoms with E-state index in [9.17, 15) is 9.18 Å². The SMILES string of the molecule is CC(F)C(=O)Nc1cccc(Cl)c1Cl. The van der Waals surface area contributed by atoms with Crippen molar-refractivity contribution in [2.24, 2.45) is 0 Å².